The lowest BCUT2D eigenvalue weighted by Gasteiger charge is -2.74. The summed E-state index contributed by atoms with van der Waals surface area (Å²) in [5.74, 6) is -5.63. The smallest absolute Gasteiger partial charge is 0.302 e. The molecule has 4 bridgehead atoms. The molecule has 0 radical (unpaired) electrons. The highest BCUT2D eigenvalue weighted by molar-refractivity contribution is 6.05. The average Bonchev–Trinajstić information content (AvgIpc) is 2.84. The summed E-state index contributed by atoms with van der Waals surface area (Å²) in [5, 5.41) is 35.0. The summed E-state index contributed by atoms with van der Waals surface area (Å²) < 4.78 is 17.1. The number of ether oxygens (including phenoxy) is 3. The second kappa shape index (κ2) is 6.87. The molecule has 3 N–H and O–H groups in total. The zero-order valence-electron chi connectivity index (χ0n) is 19.2. The van der Waals surface area contributed by atoms with E-state index in [-0.39, 0.29) is 18.8 Å². The van der Waals surface area contributed by atoms with Gasteiger partial charge in [-0.25, -0.2) is 0 Å². The summed E-state index contributed by atoms with van der Waals surface area (Å²) in [5.41, 5.74) is -3.40. The lowest BCUT2D eigenvalue weighted by Crippen LogP contribution is -2.86. The van der Waals surface area contributed by atoms with Crippen LogP contribution in [0.4, 0.5) is 0 Å². The molecule has 6 rings (SSSR count). The van der Waals surface area contributed by atoms with Gasteiger partial charge in [0.25, 0.3) is 0 Å². The van der Waals surface area contributed by atoms with Crippen LogP contribution < -0.4 is 0 Å². The number of Topliss-reactive ketones (excluding diaryl/α,β-unsaturated/α-hetero) is 1. The van der Waals surface area contributed by atoms with Crippen LogP contribution in [0.25, 0.3) is 0 Å². The first kappa shape index (κ1) is 23.0. The van der Waals surface area contributed by atoms with Crippen molar-refractivity contribution in [2.75, 3.05) is 13.2 Å². The number of rotatable bonds is 3. The maximum absolute atomic E-state index is 13.7. The van der Waals surface area contributed by atoms with Crippen LogP contribution in [0.15, 0.2) is 12.2 Å². The van der Waals surface area contributed by atoms with Crippen molar-refractivity contribution in [1.82, 2.24) is 0 Å². The van der Waals surface area contributed by atoms with Crippen molar-refractivity contribution in [1.29, 1.82) is 0 Å². The molecule has 0 aromatic heterocycles. The number of fused-ring (bicyclic) bond motifs is 2. The number of aliphatic hydroxyl groups excluding tert-OH is 2. The zero-order chi connectivity index (χ0) is 24.1. The van der Waals surface area contributed by atoms with Gasteiger partial charge in [0.2, 0.25) is 5.79 Å². The van der Waals surface area contributed by atoms with E-state index in [4.69, 9.17) is 14.2 Å². The largest absolute Gasteiger partial charge is 0.465 e. The predicted molar refractivity (Wildman–Crippen MR) is 111 cm³/mol. The summed E-state index contributed by atoms with van der Waals surface area (Å²) >= 11 is 0. The van der Waals surface area contributed by atoms with Crippen molar-refractivity contribution in [3.63, 3.8) is 0 Å². The van der Waals surface area contributed by atoms with Gasteiger partial charge in [-0.1, -0.05) is 13.5 Å². The minimum Gasteiger partial charge on any atom is -0.465 e. The average molecular weight is 465 g/mol. The van der Waals surface area contributed by atoms with Gasteiger partial charge in [0.05, 0.1) is 19.3 Å². The summed E-state index contributed by atoms with van der Waals surface area (Å²) in [4.78, 5) is 37.4. The molecule has 9 heteroatoms. The van der Waals surface area contributed by atoms with Crippen molar-refractivity contribution in [3.05, 3.63) is 12.2 Å². The van der Waals surface area contributed by atoms with E-state index in [2.05, 4.69) is 6.58 Å². The van der Waals surface area contributed by atoms with Gasteiger partial charge < -0.3 is 29.5 Å². The second-order valence-electron chi connectivity index (χ2n) is 11.0. The van der Waals surface area contributed by atoms with E-state index >= 15 is 0 Å². The highest BCUT2D eigenvalue weighted by Gasteiger charge is 2.87. The molecule has 182 valence electrons. The monoisotopic (exact) mass is 464 g/mol. The number of carbonyl (C=O) groups is 3. The van der Waals surface area contributed by atoms with E-state index in [0.29, 0.717) is 25.7 Å². The summed E-state index contributed by atoms with van der Waals surface area (Å²) in [7, 11) is 0. The van der Waals surface area contributed by atoms with E-state index in [0.717, 1.165) is 0 Å². The molecule has 0 unspecified atom stereocenters. The van der Waals surface area contributed by atoms with E-state index < -0.39 is 75.8 Å². The number of esters is 2. The highest BCUT2D eigenvalue weighted by atomic mass is 16.6. The normalized spacial score (nSPS) is 52.2. The molecule has 10 atom stereocenters. The van der Waals surface area contributed by atoms with Crippen LogP contribution in [0.2, 0.25) is 0 Å². The fourth-order valence-corrected chi connectivity index (χ4v) is 8.50. The van der Waals surface area contributed by atoms with E-state index in [9.17, 15) is 29.7 Å². The first-order chi connectivity index (χ1) is 15.4. The Morgan fingerprint density at radius 2 is 1.85 bits per heavy atom. The van der Waals surface area contributed by atoms with Gasteiger partial charge in [-0.15, -0.1) is 0 Å². The number of hydrogen-bond acceptors (Lipinski definition) is 9. The standard InChI is InChI=1S/C24H32O9/c1-11-14-5-6-15-22-10-32-24(30,23(15,18(11)27)19(14)28)20(29)17(22)21(4,9-31-12(2)25)8-7-16(22)33-13(3)26/h14-17,19-20,28-30H,1,5-10H2,2-4H3/t14-,15-,16-,17+,19+,20-,21-,22+,23-,24+/m0/s1. The molecular weight excluding hydrogens is 432 g/mol. The molecule has 6 aliphatic rings. The van der Waals surface area contributed by atoms with Gasteiger partial charge in [0.1, 0.15) is 17.6 Å². The third-order valence-electron chi connectivity index (χ3n) is 9.60. The molecule has 33 heavy (non-hydrogen) atoms. The van der Waals surface area contributed by atoms with Gasteiger partial charge in [-0.3, -0.25) is 14.4 Å². The van der Waals surface area contributed by atoms with Crippen LogP contribution >= 0.6 is 0 Å². The molecule has 2 saturated heterocycles. The number of aliphatic hydroxyl groups is 3. The Bertz CT molecular complexity index is 946. The van der Waals surface area contributed by atoms with Crippen LogP contribution in [0.5, 0.6) is 0 Å². The number of hydrogen-bond donors (Lipinski definition) is 3. The van der Waals surface area contributed by atoms with Gasteiger partial charge in [0.15, 0.2) is 5.78 Å². The molecule has 0 aromatic carbocycles. The van der Waals surface area contributed by atoms with Gasteiger partial charge in [0, 0.05) is 36.5 Å². The maximum Gasteiger partial charge on any atom is 0.302 e. The SMILES string of the molecule is C=C1C(=O)[C@]23[C@H](O)[C@H]1CC[C@H]2[C@@]12CO[C@]3(O)[C@@H](O)[C@@H]1[C@](C)(COC(C)=O)CC[C@@H]2OC(C)=O. The molecule has 4 saturated carbocycles. The molecule has 2 aliphatic heterocycles. The molecule has 6 fully saturated rings. The number of ketones is 1. The van der Waals surface area contributed by atoms with Crippen molar-refractivity contribution in [2.45, 2.75) is 70.6 Å². The summed E-state index contributed by atoms with van der Waals surface area (Å²) in [6.45, 7) is 8.34. The van der Waals surface area contributed by atoms with Crippen LogP contribution in [0.1, 0.15) is 46.5 Å². The Morgan fingerprint density at radius 1 is 1.15 bits per heavy atom. The second-order valence-corrected chi connectivity index (χ2v) is 11.0. The minimum atomic E-state index is -2.34. The van der Waals surface area contributed by atoms with Gasteiger partial charge in [-0.05, 0) is 37.2 Å². The Hall–Kier alpha value is -1.81. The van der Waals surface area contributed by atoms with Gasteiger partial charge in [-0.2, -0.15) is 0 Å². The Balaban J connectivity index is 1.73. The Labute approximate surface area is 192 Å². The van der Waals surface area contributed by atoms with Crippen molar-refractivity contribution in [2.24, 2.45) is 34.0 Å². The summed E-state index contributed by atoms with van der Waals surface area (Å²) in [6.07, 6.45) is -1.71. The molecular formula is C24H32O9. The predicted octanol–water partition coefficient (Wildman–Crippen LogP) is 0.490. The quantitative estimate of drug-likeness (QED) is 0.402. The van der Waals surface area contributed by atoms with E-state index in [1.807, 2.05) is 6.92 Å². The van der Waals surface area contributed by atoms with E-state index in [1.165, 1.54) is 13.8 Å². The van der Waals surface area contributed by atoms with Gasteiger partial charge >= 0.3 is 11.9 Å². The molecule has 0 amide bonds. The molecule has 0 aromatic rings. The molecule has 9 nitrogen and oxygen atoms in total. The fraction of sp³-hybridized carbons (Fsp3) is 0.792. The van der Waals surface area contributed by atoms with Crippen LogP contribution in [-0.4, -0.2) is 70.4 Å². The minimum absolute atomic E-state index is 0.000233. The van der Waals surface area contributed by atoms with Crippen molar-refractivity contribution in [3.8, 4) is 0 Å². The zero-order valence-corrected chi connectivity index (χ0v) is 19.2. The Kier molecular flexibility index (Phi) is 4.78. The third-order valence-corrected chi connectivity index (χ3v) is 9.60. The lowest BCUT2D eigenvalue weighted by molar-refractivity contribution is -0.459. The number of carbonyl (C=O) groups excluding carboxylic acids is 3. The van der Waals surface area contributed by atoms with Crippen molar-refractivity contribution < 1.29 is 43.9 Å². The van der Waals surface area contributed by atoms with Crippen LogP contribution in [-0.2, 0) is 28.6 Å². The molecule has 4 aliphatic carbocycles. The topological polar surface area (TPSA) is 140 Å². The fourth-order valence-electron chi connectivity index (χ4n) is 8.50. The maximum atomic E-state index is 13.7. The first-order valence-electron chi connectivity index (χ1n) is 11.6. The van der Waals surface area contributed by atoms with Crippen LogP contribution in [0.3, 0.4) is 0 Å². The highest BCUT2D eigenvalue weighted by Crippen LogP contribution is 2.76. The molecule has 2 spiro atoms. The van der Waals surface area contributed by atoms with Crippen molar-refractivity contribution >= 4 is 17.7 Å². The summed E-state index contributed by atoms with van der Waals surface area (Å²) in [6, 6.07) is 0. The Morgan fingerprint density at radius 3 is 2.48 bits per heavy atom. The first-order valence-corrected chi connectivity index (χ1v) is 11.6. The third kappa shape index (κ3) is 2.44. The van der Waals surface area contributed by atoms with E-state index in [1.54, 1.807) is 0 Å². The molecule has 2 heterocycles. The van der Waals surface area contributed by atoms with Crippen LogP contribution in [0, 0.1) is 34.0 Å². The lowest BCUT2D eigenvalue weighted by atomic mass is 9.35.